The van der Waals surface area contributed by atoms with Gasteiger partial charge in [-0.3, -0.25) is 14.2 Å². The Morgan fingerprint density at radius 2 is 1.97 bits per heavy atom. The Balaban J connectivity index is 1.38. The lowest BCUT2D eigenvalue weighted by molar-refractivity contribution is 0.0992. The molecule has 0 unspecified atom stereocenters. The van der Waals surface area contributed by atoms with E-state index in [1.807, 2.05) is 78.4 Å². The number of hydrogen-bond donors (Lipinski definition) is 1. The number of aryl methyl sites for hydroxylation is 2. The molecule has 1 aromatic carbocycles. The molecule has 0 amide bonds. The summed E-state index contributed by atoms with van der Waals surface area (Å²) in [5, 5.41) is 6.64. The van der Waals surface area contributed by atoms with E-state index in [0.29, 0.717) is 22.7 Å². The van der Waals surface area contributed by atoms with Crippen molar-refractivity contribution < 1.29 is 4.79 Å². The molecule has 5 rings (SSSR count). The van der Waals surface area contributed by atoms with Crippen LogP contribution in [0, 0.1) is 13.8 Å². The Labute approximate surface area is 199 Å². The van der Waals surface area contributed by atoms with Gasteiger partial charge < -0.3 is 5.32 Å². The lowest BCUT2D eigenvalue weighted by Gasteiger charge is -2.07. The van der Waals surface area contributed by atoms with Gasteiger partial charge in [-0.1, -0.05) is 29.8 Å². The molecule has 33 heavy (non-hydrogen) atoms. The van der Waals surface area contributed by atoms with Crippen LogP contribution in [0.25, 0.3) is 17.0 Å². The van der Waals surface area contributed by atoms with Crippen LogP contribution in [0.5, 0.6) is 0 Å². The highest BCUT2D eigenvalue weighted by Gasteiger charge is 2.16. The lowest BCUT2D eigenvalue weighted by Crippen LogP contribution is -2.06. The SMILES string of the molecule is Cc1ncccc1CC(=O)c1cccc(Nc2nc(-c3c(C)nc4c(Cl)cccn34)cs2)c1. The monoisotopic (exact) mass is 473 g/mol. The molecule has 8 heteroatoms. The van der Waals surface area contributed by atoms with Crippen molar-refractivity contribution in [1.29, 1.82) is 0 Å². The van der Waals surface area contributed by atoms with Crippen LogP contribution >= 0.6 is 22.9 Å². The van der Waals surface area contributed by atoms with Crippen molar-refractivity contribution in [2.24, 2.45) is 0 Å². The van der Waals surface area contributed by atoms with Gasteiger partial charge in [0.15, 0.2) is 16.6 Å². The van der Waals surface area contributed by atoms with Crippen molar-refractivity contribution in [3.8, 4) is 11.4 Å². The van der Waals surface area contributed by atoms with Gasteiger partial charge in [0.05, 0.1) is 16.4 Å². The van der Waals surface area contributed by atoms with Gasteiger partial charge in [-0.05, 0) is 49.7 Å². The molecule has 0 radical (unpaired) electrons. The van der Waals surface area contributed by atoms with Gasteiger partial charge in [0, 0.05) is 41.1 Å². The summed E-state index contributed by atoms with van der Waals surface area (Å²) in [6, 6.07) is 15.0. The third kappa shape index (κ3) is 4.25. The zero-order valence-electron chi connectivity index (χ0n) is 18.0. The molecule has 0 aliphatic heterocycles. The molecule has 0 spiro atoms. The molecule has 0 saturated carbocycles. The smallest absolute Gasteiger partial charge is 0.187 e. The van der Waals surface area contributed by atoms with Gasteiger partial charge in [0.2, 0.25) is 0 Å². The fourth-order valence-corrected chi connectivity index (χ4v) is 4.69. The zero-order valence-corrected chi connectivity index (χ0v) is 19.6. The standard InChI is InChI=1S/C25H20ClN5OS/c1-15-17(7-4-10-27-15)13-22(32)18-6-3-8-19(12-18)29-25-30-21(14-33-25)23-16(2)28-24-20(26)9-5-11-31(23)24/h3-12,14H,13H2,1-2H3,(H,29,30). The number of anilines is 2. The quantitative estimate of drug-likeness (QED) is 0.293. The van der Waals surface area contributed by atoms with Crippen LogP contribution in [-0.4, -0.2) is 25.1 Å². The van der Waals surface area contributed by atoms with Crippen molar-refractivity contribution in [3.63, 3.8) is 0 Å². The minimum absolute atomic E-state index is 0.0489. The summed E-state index contributed by atoms with van der Waals surface area (Å²) in [7, 11) is 0. The number of benzene rings is 1. The number of carbonyl (C=O) groups excluding carboxylic acids is 1. The first-order valence-corrected chi connectivity index (χ1v) is 11.7. The van der Waals surface area contributed by atoms with Crippen LogP contribution in [0.4, 0.5) is 10.8 Å². The third-order valence-electron chi connectivity index (χ3n) is 5.43. The van der Waals surface area contributed by atoms with E-state index in [2.05, 4.69) is 15.3 Å². The molecule has 4 aromatic heterocycles. The van der Waals surface area contributed by atoms with Crippen LogP contribution in [0.15, 0.2) is 66.3 Å². The molecule has 4 heterocycles. The van der Waals surface area contributed by atoms with Crippen LogP contribution in [0.1, 0.15) is 27.3 Å². The summed E-state index contributed by atoms with van der Waals surface area (Å²) in [5.41, 5.74) is 6.56. The molecule has 6 nitrogen and oxygen atoms in total. The second kappa shape index (κ2) is 8.77. The van der Waals surface area contributed by atoms with E-state index in [9.17, 15) is 4.79 Å². The number of imidazole rings is 1. The number of fused-ring (bicyclic) bond motifs is 1. The van der Waals surface area contributed by atoms with Crippen LogP contribution in [-0.2, 0) is 6.42 Å². The predicted molar refractivity (Wildman–Crippen MR) is 133 cm³/mol. The first-order chi connectivity index (χ1) is 16.0. The topological polar surface area (TPSA) is 72.2 Å². The molecule has 5 aromatic rings. The summed E-state index contributed by atoms with van der Waals surface area (Å²) >= 11 is 7.79. The van der Waals surface area contributed by atoms with Crippen molar-refractivity contribution in [2.75, 3.05) is 5.32 Å². The number of halogens is 1. The highest BCUT2D eigenvalue weighted by atomic mass is 35.5. The van der Waals surface area contributed by atoms with Crippen LogP contribution in [0.3, 0.4) is 0 Å². The number of rotatable bonds is 6. The molecule has 0 saturated heterocycles. The Morgan fingerprint density at radius 3 is 2.82 bits per heavy atom. The number of pyridine rings is 2. The molecule has 0 fully saturated rings. The Morgan fingerprint density at radius 1 is 1.09 bits per heavy atom. The van der Waals surface area contributed by atoms with Gasteiger partial charge in [-0.25, -0.2) is 9.97 Å². The minimum Gasteiger partial charge on any atom is -0.332 e. The van der Waals surface area contributed by atoms with Crippen LogP contribution in [0.2, 0.25) is 5.02 Å². The van der Waals surface area contributed by atoms with Gasteiger partial charge >= 0.3 is 0 Å². The van der Waals surface area contributed by atoms with Crippen molar-refractivity contribution in [3.05, 3.63) is 93.8 Å². The van der Waals surface area contributed by atoms with E-state index < -0.39 is 0 Å². The van der Waals surface area contributed by atoms with E-state index in [1.54, 1.807) is 6.20 Å². The summed E-state index contributed by atoms with van der Waals surface area (Å²) in [5.74, 6) is 0.0489. The number of nitrogens with one attached hydrogen (secondary N) is 1. The average Bonchev–Trinajstić information content (AvgIpc) is 3.39. The van der Waals surface area contributed by atoms with Crippen LogP contribution < -0.4 is 5.32 Å². The lowest BCUT2D eigenvalue weighted by atomic mass is 10.0. The maximum absolute atomic E-state index is 12.8. The number of carbonyl (C=O) groups is 1. The van der Waals surface area contributed by atoms with E-state index >= 15 is 0 Å². The number of Topliss-reactive ketones (excluding diaryl/α,β-unsaturated/α-hetero) is 1. The number of nitrogens with zero attached hydrogens (tertiary/aromatic N) is 4. The summed E-state index contributed by atoms with van der Waals surface area (Å²) in [6.07, 6.45) is 3.99. The molecular weight excluding hydrogens is 454 g/mol. The second-order valence-electron chi connectivity index (χ2n) is 7.69. The largest absolute Gasteiger partial charge is 0.332 e. The van der Waals surface area contributed by atoms with Crippen molar-refractivity contribution in [1.82, 2.24) is 19.4 Å². The summed E-state index contributed by atoms with van der Waals surface area (Å²) in [6.45, 7) is 3.87. The summed E-state index contributed by atoms with van der Waals surface area (Å²) in [4.78, 5) is 26.4. The Kier molecular flexibility index (Phi) is 5.66. The van der Waals surface area contributed by atoms with Gasteiger partial charge in [0.25, 0.3) is 0 Å². The molecular formula is C25H20ClN5OS. The van der Waals surface area contributed by atoms with Crippen molar-refractivity contribution >= 4 is 45.2 Å². The first-order valence-electron chi connectivity index (χ1n) is 10.4. The van der Waals surface area contributed by atoms with Gasteiger partial charge in [-0.15, -0.1) is 11.3 Å². The third-order valence-corrected chi connectivity index (χ3v) is 6.48. The highest BCUT2D eigenvalue weighted by molar-refractivity contribution is 7.14. The van der Waals surface area contributed by atoms with E-state index in [4.69, 9.17) is 16.6 Å². The van der Waals surface area contributed by atoms with E-state index in [1.165, 1.54) is 11.3 Å². The molecule has 164 valence electrons. The number of aromatic nitrogens is 4. The molecule has 0 aliphatic carbocycles. The molecule has 1 N–H and O–H groups in total. The maximum atomic E-state index is 12.8. The van der Waals surface area contributed by atoms with Gasteiger partial charge in [0.1, 0.15) is 5.69 Å². The van der Waals surface area contributed by atoms with E-state index in [-0.39, 0.29) is 5.78 Å². The fourth-order valence-electron chi connectivity index (χ4n) is 3.77. The average molecular weight is 474 g/mol. The molecule has 0 atom stereocenters. The maximum Gasteiger partial charge on any atom is 0.187 e. The van der Waals surface area contributed by atoms with Gasteiger partial charge in [-0.2, -0.15) is 0 Å². The first kappa shape index (κ1) is 21.3. The van der Waals surface area contributed by atoms with Crippen molar-refractivity contribution in [2.45, 2.75) is 20.3 Å². The van der Waals surface area contributed by atoms with E-state index in [0.717, 1.165) is 39.2 Å². The predicted octanol–water partition coefficient (Wildman–Crippen LogP) is 6.29. The minimum atomic E-state index is 0.0489. The highest BCUT2D eigenvalue weighted by Crippen LogP contribution is 2.31. The number of ketones is 1. The zero-order chi connectivity index (χ0) is 22.9. The Bertz CT molecular complexity index is 1490. The Hall–Kier alpha value is -3.55. The fraction of sp³-hybridized carbons (Fsp3) is 0.120. The second-order valence-corrected chi connectivity index (χ2v) is 8.95. The number of hydrogen-bond acceptors (Lipinski definition) is 6. The normalized spacial score (nSPS) is 11.1. The molecule has 0 bridgehead atoms. The number of thiazole rings is 1. The molecule has 0 aliphatic rings. The summed E-state index contributed by atoms with van der Waals surface area (Å²) < 4.78 is 1.95.